The van der Waals surface area contributed by atoms with Gasteiger partial charge in [-0.3, -0.25) is 0 Å². The number of halogens is 2. The summed E-state index contributed by atoms with van der Waals surface area (Å²) >= 11 is 9.08. The Hall–Kier alpha value is -0.140. The van der Waals surface area contributed by atoms with Crippen LogP contribution < -0.4 is 4.72 Å². The van der Waals surface area contributed by atoms with E-state index in [0.717, 1.165) is 25.9 Å². The maximum absolute atomic E-state index is 12.1. The highest BCUT2D eigenvalue weighted by Gasteiger charge is 2.17. The van der Waals surface area contributed by atoms with Crippen molar-refractivity contribution in [2.24, 2.45) is 0 Å². The first-order valence-corrected chi connectivity index (χ1v) is 9.21. The van der Waals surface area contributed by atoms with Gasteiger partial charge >= 0.3 is 0 Å². The number of nitrogens with one attached hydrogen (secondary N) is 1. The van der Waals surface area contributed by atoms with E-state index in [0.29, 0.717) is 22.5 Å². The Morgan fingerprint density at radius 2 is 2.20 bits per heavy atom. The number of benzene rings is 1. The molecule has 1 aliphatic heterocycles. The summed E-state index contributed by atoms with van der Waals surface area (Å²) in [6.07, 6.45) is 4.13. The molecule has 1 aromatic carbocycles. The van der Waals surface area contributed by atoms with E-state index in [4.69, 9.17) is 16.3 Å². The minimum absolute atomic E-state index is 0.170. The molecule has 0 spiro atoms. The van der Waals surface area contributed by atoms with Gasteiger partial charge in [0, 0.05) is 17.6 Å². The average molecular weight is 383 g/mol. The van der Waals surface area contributed by atoms with E-state index in [2.05, 4.69) is 20.7 Å². The maximum atomic E-state index is 12.1. The summed E-state index contributed by atoms with van der Waals surface area (Å²) in [4.78, 5) is 0.207. The number of hydrogen-bond donors (Lipinski definition) is 1. The van der Waals surface area contributed by atoms with Gasteiger partial charge in [-0.1, -0.05) is 11.6 Å². The topological polar surface area (TPSA) is 55.4 Å². The van der Waals surface area contributed by atoms with E-state index in [1.807, 2.05) is 0 Å². The largest absolute Gasteiger partial charge is 0.378 e. The van der Waals surface area contributed by atoms with Gasteiger partial charge in [0.25, 0.3) is 0 Å². The Kier molecular flexibility index (Phi) is 5.86. The van der Waals surface area contributed by atoms with Crippen molar-refractivity contribution in [1.82, 2.24) is 4.72 Å². The average Bonchev–Trinajstić information content (AvgIpc) is 2.43. The van der Waals surface area contributed by atoms with Crippen molar-refractivity contribution in [2.45, 2.75) is 36.7 Å². The molecule has 0 bridgehead atoms. The zero-order chi connectivity index (χ0) is 14.6. The molecule has 7 heteroatoms. The number of rotatable bonds is 5. The third-order valence-corrected chi connectivity index (χ3v) is 5.91. The van der Waals surface area contributed by atoms with Crippen LogP contribution in [0.5, 0.6) is 0 Å². The molecule has 1 atom stereocenters. The van der Waals surface area contributed by atoms with Crippen LogP contribution in [0, 0.1) is 0 Å². The lowest BCUT2D eigenvalue weighted by molar-refractivity contribution is 0.0123. The minimum atomic E-state index is -3.49. The van der Waals surface area contributed by atoms with Crippen LogP contribution in [0.15, 0.2) is 27.6 Å². The van der Waals surface area contributed by atoms with Gasteiger partial charge in [0.2, 0.25) is 10.0 Å². The van der Waals surface area contributed by atoms with Gasteiger partial charge in [-0.2, -0.15) is 0 Å². The normalized spacial score (nSPS) is 20.0. The first-order chi connectivity index (χ1) is 9.49. The highest BCUT2D eigenvalue weighted by molar-refractivity contribution is 9.10. The summed E-state index contributed by atoms with van der Waals surface area (Å²) in [6.45, 7) is 1.16. The van der Waals surface area contributed by atoms with Gasteiger partial charge in [-0.15, -0.1) is 0 Å². The van der Waals surface area contributed by atoms with E-state index >= 15 is 0 Å². The molecule has 1 aliphatic rings. The minimum Gasteiger partial charge on any atom is -0.378 e. The summed E-state index contributed by atoms with van der Waals surface area (Å²) in [5, 5.41) is 0.486. The number of hydrogen-bond acceptors (Lipinski definition) is 3. The van der Waals surface area contributed by atoms with E-state index in [1.165, 1.54) is 12.1 Å². The zero-order valence-electron chi connectivity index (χ0n) is 10.9. The lowest BCUT2D eigenvalue weighted by atomic mass is 10.1. The third kappa shape index (κ3) is 4.43. The van der Waals surface area contributed by atoms with Crippen LogP contribution in [0.3, 0.4) is 0 Å². The van der Waals surface area contributed by atoms with Crippen LogP contribution >= 0.6 is 27.5 Å². The molecule has 20 heavy (non-hydrogen) atoms. The molecule has 0 aliphatic carbocycles. The highest BCUT2D eigenvalue weighted by Crippen LogP contribution is 2.25. The molecule has 0 radical (unpaired) electrons. The van der Waals surface area contributed by atoms with Gasteiger partial charge in [0.15, 0.2) is 0 Å². The second kappa shape index (κ2) is 7.22. The molecule has 2 rings (SSSR count). The highest BCUT2D eigenvalue weighted by atomic mass is 79.9. The van der Waals surface area contributed by atoms with Gasteiger partial charge in [-0.25, -0.2) is 13.1 Å². The summed E-state index contributed by atoms with van der Waals surface area (Å²) in [6, 6.07) is 4.55. The summed E-state index contributed by atoms with van der Waals surface area (Å²) in [5.41, 5.74) is 0. The monoisotopic (exact) mass is 381 g/mol. The molecular weight excluding hydrogens is 366 g/mol. The Labute approximate surface area is 133 Å². The second-order valence-electron chi connectivity index (χ2n) is 4.75. The van der Waals surface area contributed by atoms with Crippen molar-refractivity contribution in [2.75, 3.05) is 13.2 Å². The van der Waals surface area contributed by atoms with Gasteiger partial charge in [-0.05, 0) is 59.8 Å². The van der Waals surface area contributed by atoms with Crippen molar-refractivity contribution in [1.29, 1.82) is 0 Å². The predicted molar refractivity (Wildman–Crippen MR) is 82.5 cm³/mol. The van der Waals surface area contributed by atoms with E-state index < -0.39 is 10.0 Å². The van der Waals surface area contributed by atoms with Crippen LogP contribution in [0.1, 0.15) is 25.7 Å². The zero-order valence-corrected chi connectivity index (χ0v) is 14.1. The van der Waals surface area contributed by atoms with Gasteiger partial charge in [0.1, 0.15) is 0 Å². The Morgan fingerprint density at radius 1 is 1.40 bits per heavy atom. The van der Waals surface area contributed by atoms with E-state index in [9.17, 15) is 8.42 Å². The Balaban J connectivity index is 1.91. The quantitative estimate of drug-likeness (QED) is 0.850. The first-order valence-electron chi connectivity index (χ1n) is 6.55. The van der Waals surface area contributed by atoms with Crippen LogP contribution in [0.4, 0.5) is 0 Å². The van der Waals surface area contributed by atoms with Gasteiger partial charge < -0.3 is 4.74 Å². The number of ether oxygens (including phenoxy) is 1. The fourth-order valence-electron chi connectivity index (χ4n) is 2.12. The van der Waals surface area contributed by atoms with E-state index in [-0.39, 0.29) is 11.0 Å². The SMILES string of the molecule is O=S(=O)(NCCC1CCCCO1)c1ccc(Cl)c(Br)c1. The fourth-order valence-corrected chi connectivity index (χ4v) is 3.84. The molecule has 1 N–H and O–H groups in total. The lowest BCUT2D eigenvalue weighted by Gasteiger charge is -2.22. The predicted octanol–water partition coefficient (Wildman–Crippen LogP) is 3.34. The molecule has 4 nitrogen and oxygen atoms in total. The second-order valence-corrected chi connectivity index (χ2v) is 7.78. The third-order valence-electron chi connectivity index (χ3n) is 3.23. The Bertz CT molecular complexity index is 559. The van der Waals surface area contributed by atoms with Gasteiger partial charge in [0.05, 0.1) is 16.0 Å². The molecule has 1 fully saturated rings. The fraction of sp³-hybridized carbons (Fsp3) is 0.538. The van der Waals surface area contributed by atoms with Crippen molar-refractivity contribution in [3.8, 4) is 0 Å². The summed E-state index contributed by atoms with van der Waals surface area (Å²) in [7, 11) is -3.49. The molecule has 0 aromatic heterocycles. The van der Waals surface area contributed by atoms with Crippen LogP contribution in [-0.4, -0.2) is 27.7 Å². The van der Waals surface area contributed by atoms with Crippen molar-refractivity contribution in [3.63, 3.8) is 0 Å². The summed E-state index contributed by atoms with van der Waals surface area (Å²) in [5.74, 6) is 0. The van der Waals surface area contributed by atoms with E-state index in [1.54, 1.807) is 6.07 Å². The van der Waals surface area contributed by atoms with Crippen LogP contribution in [-0.2, 0) is 14.8 Å². The van der Waals surface area contributed by atoms with Crippen molar-refractivity contribution >= 4 is 37.6 Å². The maximum Gasteiger partial charge on any atom is 0.240 e. The Morgan fingerprint density at radius 3 is 2.85 bits per heavy atom. The molecule has 1 heterocycles. The smallest absolute Gasteiger partial charge is 0.240 e. The summed E-state index contributed by atoms with van der Waals surface area (Å²) < 4.78 is 33.0. The first kappa shape index (κ1) is 16.2. The van der Waals surface area contributed by atoms with Crippen molar-refractivity contribution < 1.29 is 13.2 Å². The molecular formula is C13H17BrClNO3S. The van der Waals surface area contributed by atoms with Crippen LogP contribution in [0.2, 0.25) is 5.02 Å². The molecule has 1 unspecified atom stereocenters. The molecule has 0 amide bonds. The molecule has 0 saturated carbocycles. The standard InChI is InChI=1S/C13H17BrClNO3S/c14-12-9-11(4-5-13(12)15)20(17,18)16-7-6-10-3-1-2-8-19-10/h4-5,9-10,16H,1-3,6-8H2. The van der Waals surface area contributed by atoms with Crippen LogP contribution in [0.25, 0.3) is 0 Å². The molecule has 1 saturated heterocycles. The number of sulfonamides is 1. The molecule has 112 valence electrons. The molecule has 1 aromatic rings. The van der Waals surface area contributed by atoms with Crippen molar-refractivity contribution in [3.05, 3.63) is 27.7 Å². The lowest BCUT2D eigenvalue weighted by Crippen LogP contribution is -2.29.